The number of hydrogen-bond acceptors (Lipinski definition) is 7. The maximum atomic E-state index is 12.6. The molecule has 14 nitrogen and oxygen atoms in total. The minimum absolute atomic E-state index is 0.0555. The number of hydrogen-bond donors (Lipinski definition) is 7. The zero-order chi connectivity index (χ0) is 25.8. The monoisotopic (exact) mass is 473 g/mol. The first-order valence-electron chi connectivity index (χ1n) is 10.3. The highest BCUT2D eigenvalue weighted by atomic mass is 16.6. The van der Waals surface area contributed by atoms with E-state index in [4.69, 9.17) is 21.9 Å². The normalized spacial score (nSPS) is 13.6. The van der Waals surface area contributed by atoms with Gasteiger partial charge in [-0.3, -0.25) is 19.4 Å². The van der Waals surface area contributed by atoms with Gasteiger partial charge in [0.05, 0.1) is 0 Å². The minimum atomic E-state index is -1.27. The molecule has 0 heterocycles. The Morgan fingerprint density at radius 3 is 2.03 bits per heavy atom. The molecule has 0 aromatic heterocycles. The van der Waals surface area contributed by atoms with Crippen molar-refractivity contribution in [3.8, 4) is 0 Å². The number of ether oxygens (including phenoxy) is 1. The van der Waals surface area contributed by atoms with Crippen LogP contribution in [0.25, 0.3) is 0 Å². The van der Waals surface area contributed by atoms with E-state index in [1.165, 1.54) is 6.92 Å². The third-order valence-corrected chi connectivity index (χ3v) is 4.00. The lowest BCUT2D eigenvalue weighted by Gasteiger charge is -2.24. The maximum Gasteiger partial charge on any atom is 0.408 e. The van der Waals surface area contributed by atoms with E-state index in [9.17, 15) is 29.1 Å². The molecule has 3 atom stereocenters. The van der Waals surface area contributed by atoms with Gasteiger partial charge in [0, 0.05) is 13.0 Å². The van der Waals surface area contributed by atoms with Crippen LogP contribution in [0.15, 0.2) is 4.99 Å². The zero-order valence-electron chi connectivity index (χ0n) is 19.3. The number of nitrogens with one attached hydrogen (secondary N) is 3. The molecule has 0 aliphatic heterocycles. The number of carboxylic acid groups (broad SMARTS) is 1. The predicted molar refractivity (Wildman–Crippen MR) is 119 cm³/mol. The fourth-order valence-corrected chi connectivity index (χ4v) is 2.44. The number of carbonyl (C=O) groups excluding carboxylic acids is 4. The van der Waals surface area contributed by atoms with Crippen molar-refractivity contribution in [2.75, 3.05) is 6.54 Å². The molecule has 0 fully saturated rings. The van der Waals surface area contributed by atoms with E-state index in [0.29, 0.717) is 6.42 Å². The van der Waals surface area contributed by atoms with Gasteiger partial charge in [-0.15, -0.1) is 0 Å². The Kier molecular flexibility index (Phi) is 12.3. The van der Waals surface area contributed by atoms with Crippen LogP contribution in [0, 0.1) is 0 Å². The molecule has 10 N–H and O–H groups in total. The molecule has 0 aliphatic rings. The Morgan fingerprint density at radius 2 is 1.55 bits per heavy atom. The lowest BCUT2D eigenvalue weighted by Crippen LogP contribution is -2.55. The molecule has 33 heavy (non-hydrogen) atoms. The average Bonchev–Trinajstić information content (AvgIpc) is 2.64. The fraction of sp³-hybridized carbons (Fsp3) is 0.684. The Balaban J connectivity index is 5.04. The quantitative estimate of drug-likeness (QED) is 0.0911. The van der Waals surface area contributed by atoms with Gasteiger partial charge in [-0.25, -0.2) is 9.59 Å². The summed E-state index contributed by atoms with van der Waals surface area (Å²) in [6.07, 6.45) is -0.871. The number of guanidine groups is 1. The van der Waals surface area contributed by atoms with E-state index in [2.05, 4.69) is 20.9 Å². The second-order valence-electron chi connectivity index (χ2n) is 8.28. The SMILES string of the molecule is C[C@H](NC(=O)[C@H](CCC(N)=O)NC(=O)OC(C)(C)C)C(=O)N[C@@H](CCCN=C(N)N)C(=O)O. The fourth-order valence-electron chi connectivity index (χ4n) is 2.44. The summed E-state index contributed by atoms with van der Waals surface area (Å²) in [5.74, 6) is -3.62. The molecule has 0 radical (unpaired) electrons. The maximum absolute atomic E-state index is 12.6. The van der Waals surface area contributed by atoms with E-state index in [1.807, 2.05) is 0 Å². The highest BCUT2D eigenvalue weighted by Gasteiger charge is 2.28. The molecular weight excluding hydrogens is 438 g/mol. The van der Waals surface area contributed by atoms with Crippen molar-refractivity contribution in [3.63, 3.8) is 0 Å². The molecule has 0 aromatic rings. The standard InChI is InChI=1S/C19H35N7O7/c1-10(14(28)25-12(16(30)31)6-5-9-23-17(21)22)24-15(29)11(7-8-13(20)27)26-18(32)33-19(2,3)4/h10-12H,5-9H2,1-4H3,(H2,20,27)(H,24,29)(H,25,28)(H,26,32)(H,30,31)(H4,21,22,23)/t10-,11-,12-/m0/s1. The van der Waals surface area contributed by atoms with Gasteiger partial charge in [0.15, 0.2) is 5.96 Å². The van der Waals surface area contributed by atoms with E-state index in [-0.39, 0.29) is 31.8 Å². The molecule has 0 bridgehead atoms. The molecule has 0 saturated heterocycles. The van der Waals surface area contributed by atoms with Gasteiger partial charge in [-0.1, -0.05) is 0 Å². The van der Waals surface area contributed by atoms with Gasteiger partial charge < -0.3 is 43.0 Å². The molecule has 0 saturated carbocycles. The van der Waals surface area contributed by atoms with E-state index < -0.39 is 53.5 Å². The minimum Gasteiger partial charge on any atom is -0.480 e. The van der Waals surface area contributed by atoms with Gasteiger partial charge in [0.25, 0.3) is 0 Å². The Bertz CT molecular complexity index is 745. The van der Waals surface area contributed by atoms with E-state index in [1.54, 1.807) is 20.8 Å². The van der Waals surface area contributed by atoms with Gasteiger partial charge in [-0.2, -0.15) is 0 Å². The number of aliphatic imine (C=N–C) groups is 1. The Hall–Kier alpha value is -3.58. The summed E-state index contributed by atoms with van der Waals surface area (Å²) in [6, 6.07) is -3.58. The van der Waals surface area contributed by atoms with Crippen molar-refractivity contribution >= 4 is 35.7 Å². The van der Waals surface area contributed by atoms with Gasteiger partial charge in [0.2, 0.25) is 17.7 Å². The molecule has 0 rings (SSSR count). The first-order valence-corrected chi connectivity index (χ1v) is 10.3. The largest absolute Gasteiger partial charge is 0.480 e. The van der Waals surface area contributed by atoms with Crippen LogP contribution >= 0.6 is 0 Å². The molecule has 14 heteroatoms. The van der Waals surface area contributed by atoms with Crippen LogP contribution in [-0.4, -0.2) is 71.1 Å². The molecule has 0 unspecified atom stereocenters. The van der Waals surface area contributed by atoms with Crippen molar-refractivity contribution in [2.45, 2.75) is 77.1 Å². The van der Waals surface area contributed by atoms with Crippen LogP contribution in [-0.2, 0) is 23.9 Å². The first-order chi connectivity index (χ1) is 15.1. The average molecular weight is 474 g/mol. The van der Waals surface area contributed by atoms with Crippen LogP contribution in [0.1, 0.15) is 53.4 Å². The highest BCUT2D eigenvalue weighted by Crippen LogP contribution is 2.08. The smallest absolute Gasteiger partial charge is 0.408 e. The van der Waals surface area contributed by atoms with Crippen molar-refractivity contribution in [1.82, 2.24) is 16.0 Å². The third kappa shape index (κ3) is 14.2. The summed E-state index contributed by atoms with van der Waals surface area (Å²) in [6.45, 7) is 6.42. The Morgan fingerprint density at radius 1 is 0.939 bits per heavy atom. The number of alkyl carbamates (subject to hydrolysis) is 1. The van der Waals surface area contributed by atoms with Crippen LogP contribution in [0.3, 0.4) is 0 Å². The second-order valence-corrected chi connectivity index (χ2v) is 8.28. The summed E-state index contributed by atoms with van der Waals surface area (Å²) in [7, 11) is 0. The van der Waals surface area contributed by atoms with Crippen molar-refractivity contribution in [3.05, 3.63) is 0 Å². The lowest BCUT2D eigenvalue weighted by molar-refractivity contribution is -0.142. The third-order valence-electron chi connectivity index (χ3n) is 4.00. The lowest BCUT2D eigenvalue weighted by atomic mass is 10.1. The predicted octanol–water partition coefficient (Wildman–Crippen LogP) is -1.73. The number of aliphatic carboxylic acids is 1. The molecule has 0 spiro atoms. The molecule has 4 amide bonds. The van der Waals surface area contributed by atoms with Gasteiger partial charge in [0.1, 0.15) is 23.7 Å². The highest BCUT2D eigenvalue weighted by molar-refractivity contribution is 5.92. The van der Waals surface area contributed by atoms with Crippen LogP contribution in [0.2, 0.25) is 0 Å². The number of rotatable bonds is 13. The zero-order valence-corrected chi connectivity index (χ0v) is 19.3. The molecule has 188 valence electrons. The number of nitrogens with zero attached hydrogens (tertiary/aromatic N) is 1. The molecular formula is C19H35N7O7. The number of amides is 4. The number of nitrogens with two attached hydrogens (primary N) is 3. The second kappa shape index (κ2) is 13.8. The summed E-state index contributed by atoms with van der Waals surface area (Å²) < 4.78 is 5.10. The van der Waals surface area contributed by atoms with Crippen LogP contribution < -0.4 is 33.2 Å². The summed E-state index contributed by atoms with van der Waals surface area (Å²) in [5, 5.41) is 16.3. The van der Waals surface area contributed by atoms with Crippen molar-refractivity contribution in [1.29, 1.82) is 0 Å². The number of carbonyl (C=O) groups is 5. The molecule has 0 aliphatic carbocycles. The Labute approximate surface area is 192 Å². The summed E-state index contributed by atoms with van der Waals surface area (Å²) in [4.78, 5) is 63.3. The molecule has 0 aromatic carbocycles. The van der Waals surface area contributed by atoms with Crippen molar-refractivity contribution in [2.24, 2.45) is 22.2 Å². The van der Waals surface area contributed by atoms with Crippen LogP contribution in [0.4, 0.5) is 4.79 Å². The summed E-state index contributed by atoms with van der Waals surface area (Å²) >= 11 is 0. The van der Waals surface area contributed by atoms with Crippen molar-refractivity contribution < 1.29 is 33.8 Å². The first kappa shape index (κ1) is 29.4. The number of primary amides is 1. The topological polar surface area (TPSA) is 241 Å². The number of carboxylic acids is 1. The van der Waals surface area contributed by atoms with E-state index in [0.717, 1.165) is 0 Å². The van der Waals surface area contributed by atoms with Gasteiger partial charge >= 0.3 is 12.1 Å². The summed E-state index contributed by atoms with van der Waals surface area (Å²) in [5.41, 5.74) is 14.7. The van der Waals surface area contributed by atoms with Gasteiger partial charge in [-0.05, 0) is 47.0 Å². The van der Waals surface area contributed by atoms with E-state index >= 15 is 0 Å². The van der Waals surface area contributed by atoms with Crippen LogP contribution in [0.5, 0.6) is 0 Å².